The van der Waals surface area contributed by atoms with Gasteiger partial charge in [-0.2, -0.15) is 0 Å². The van der Waals surface area contributed by atoms with Crippen molar-refractivity contribution < 1.29 is 13.7 Å². The van der Waals surface area contributed by atoms with Crippen molar-refractivity contribution >= 4 is 22.6 Å². The number of hydrogen-bond donors (Lipinski definition) is 1. The van der Waals surface area contributed by atoms with Crippen LogP contribution in [0.3, 0.4) is 0 Å². The van der Waals surface area contributed by atoms with E-state index in [1.54, 1.807) is 0 Å². The summed E-state index contributed by atoms with van der Waals surface area (Å²) in [5.41, 5.74) is 5.52. The highest BCUT2D eigenvalue weighted by molar-refractivity contribution is 7.80. The highest BCUT2D eigenvalue weighted by Gasteiger charge is 2.09. The minimum Gasteiger partial charge on any atom is -0.755 e. The van der Waals surface area contributed by atoms with Crippen LogP contribution in [0.4, 0.5) is 11.4 Å². The van der Waals surface area contributed by atoms with Crippen LogP contribution < -0.4 is 10.0 Å². The number of non-ortho nitro benzene ring substituents is 1. The Morgan fingerprint density at radius 1 is 1.38 bits per heavy atom. The van der Waals surface area contributed by atoms with Crippen molar-refractivity contribution in [3.05, 3.63) is 34.4 Å². The molecule has 1 unspecified atom stereocenters. The Morgan fingerprint density at radius 3 is 2.31 bits per heavy atom. The number of nitro benzene ring substituents is 1. The van der Waals surface area contributed by atoms with Gasteiger partial charge in [-0.15, -0.1) is 0 Å². The topological polar surface area (TPSA) is 113 Å². The van der Waals surface area contributed by atoms with Crippen molar-refractivity contribution in [2.45, 2.75) is 0 Å². The molecule has 0 spiro atoms. The third kappa shape index (κ3) is 2.99. The molecule has 0 heterocycles. The molecule has 2 N–H and O–H groups in total. The largest absolute Gasteiger partial charge is 0.755 e. The van der Waals surface area contributed by atoms with Crippen LogP contribution in [0.15, 0.2) is 24.3 Å². The lowest BCUT2D eigenvalue weighted by Gasteiger charge is -2.25. The maximum absolute atomic E-state index is 10.8. The van der Waals surface area contributed by atoms with Crippen molar-refractivity contribution in [2.75, 3.05) is 17.4 Å². The monoisotopic (exact) mass is 244 g/mol. The van der Waals surface area contributed by atoms with E-state index >= 15 is 0 Å². The first-order chi connectivity index (χ1) is 7.56. The number of nitro groups is 1. The van der Waals surface area contributed by atoms with Gasteiger partial charge in [0.25, 0.3) is 5.69 Å². The van der Waals surface area contributed by atoms with E-state index in [-0.39, 0.29) is 18.8 Å². The standard InChI is InChI=1S/C8H11N3O4S/c9-5-6-10(16(14)15)7-1-3-8(4-2-7)11(12)13/h1-4H,5-6,9H2,(H,14,15)/p-1. The van der Waals surface area contributed by atoms with Crippen LogP contribution in [0.1, 0.15) is 0 Å². The number of nitrogens with two attached hydrogens (primary N) is 1. The molecule has 1 rings (SSSR count). The quantitative estimate of drug-likeness (QED) is 0.450. The molecule has 0 aromatic heterocycles. The van der Waals surface area contributed by atoms with E-state index in [0.717, 1.165) is 4.31 Å². The SMILES string of the molecule is NCCN(c1ccc([N+](=O)[O-])cc1)S(=O)[O-]. The Kier molecular flexibility index (Phi) is 4.35. The molecule has 16 heavy (non-hydrogen) atoms. The number of anilines is 1. The van der Waals surface area contributed by atoms with E-state index in [1.807, 2.05) is 0 Å². The van der Waals surface area contributed by atoms with Crippen LogP contribution in [0.2, 0.25) is 0 Å². The summed E-state index contributed by atoms with van der Waals surface area (Å²) >= 11 is -2.44. The minimum atomic E-state index is -2.44. The zero-order valence-corrected chi connectivity index (χ0v) is 9.05. The molecule has 0 amide bonds. The molecule has 8 heteroatoms. The Balaban J connectivity index is 2.94. The third-order valence-electron chi connectivity index (χ3n) is 1.86. The summed E-state index contributed by atoms with van der Waals surface area (Å²) < 4.78 is 22.7. The lowest BCUT2D eigenvalue weighted by molar-refractivity contribution is -0.384. The third-order valence-corrected chi connectivity index (χ3v) is 2.61. The molecule has 0 bridgehead atoms. The van der Waals surface area contributed by atoms with Crippen LogP contribution in [0.25, 0.3) is 0 Å². The number of hydrogen-bond acceptors (Lipinski definition) is 5. The normalized spacial score (nSPS) is 12.1. The van der Waals surface area contributed by atoms with Gasteiger partial charge < -0.3 is 14.6 Å². The van der Waals surface area contributed by atoms with Gasteiger partial charge >= 0.3 is 0 Å². The number of nitrogens with zero attached hydrogens (tertiary/aromatic N) is 2. The molecule has 0 radical (unpaired) electrons. The second-order valence-electron chi connectivity index (χ2n) is 2.88. The van der Waals surface area contributed by atoms with Crippen LogP contribution in [0.5, 0.6) is 0 Å². The first-order valence-electron chi connectivity index (χ1n) is 4.37. The molecular formula is C8H10N3O4S-. The van der Waals surface area contributed by atoms with Crippen LogP contribution in [-0.4, -0.2) is 26.8 Å². The molecule has 0 fully saturated rings. The van der Waals surface area contributed by atoms with Crippen molar-refractivity contribution in [3.8, 4) is 0 Å². The van der Waals surface area contributed by atoms with E-state index in [1.165, 1.54) is 24.3 Å². The molecule has 7 nitrogen and oxygen atoms in total. The average molecular weight is 244 g/mol. The summed E-state index contributed by atoms with van der Waals surface area (Å²) in [6.07, 6.45) is 0. The predicted molar refractivity (Wildman–Crippen MR) is 58.4 cm³/mol. The van der Waals surface area contributed by atoms with Crippen LogP contribution in [-0.2, 0) is 11.3 Å². The van der Waals surface area contributed by atoms with Gasteiger partial charge in [0.1, 0.15) is 0 Å². The van der Waals surface area contributed by atoms with E-state index in [4.69, 9.17) is 5.73 Å². The van der Waals surface area contributed by atoms with Crippen molar-refractivity contribution in [3.63, 3.8) is 0 Å². The molecule has 1 aromatic carbocycles. The summed E-state index contributed by atoms with van der Waals surface area (Å²) in [5, 5.41) is 10.4. The number of benzene rings is 1. The molecule has 1 aromatic rings. The van der Waals surface area contributed by atoms with Crippen molar-refractivity contribution in [1.29, 1.82) is 0 Å². The summed E-state index contributed by atoms with van der Waals surface area (Å²) in [6, 6.07) is 5.21. The highest BCUT2D eigenvalue weighted by Crippen LogP contribution is 2.19. The van der Waals surface area contributed by atoms with Gasteiger partial charge in [0.15, 0.2) is 0 Å². The fraction of sp³-hybridized carbons (Fsp3) is 0.250. The number of rotatable bonds is 5. The molecule has 1 atom stereocenters. The predicted octanol–water partition coefficient (Wildman–Crippen LogP) is 0.154. The second-order valence-corrected chi connectivity index (χ2v) is 3.76. The fourth-order valence-corrected chi connectivity index (χ4v) is 1.70. The van der Waals surface area contributed by atoms with Crippen molar-refractivity contribution in [2.24, 2.45) is 5.73 Å². The summed E-state index contributed by atoms with van der Waals surface area (Å²) in [7, 11) is 0. The average Bonchev–Trinajstić information content (AvgIpc) is 2.25. The zero-order chi connectivity index (χ0) is 12.1. The van der Waals surface area contributed by atoms with Gasteiger partial charge in [-0.25, -0.2) is 0 Å². The maximum atomic E-state index is 10.8. The lowest BCUT2D eigenvalue weighted by atomic mass is 10.3. The van der Waals surface area contributed by atoms with Crippen LogP contribution >= 0.6 is 0 Å². The van der Waals surface area contributed by atoms with Gasteiger partial charge in [-0.3, -0.25) is 14.3 Å². The molecule has 0 aliphatic rings. The first kappa shape index (κ1) is 12.6. The summed E-state index contributed by atoms with van der Waals surface area (Å²) in [5.74, 6) is 0. The lowest BCUT2D eigenvalue weighted by Crippen LogP contribution is -2.30. The highest BCUT2D eigenvalue weighted by atomic mass is 32.2. The summed E-state index contributed by atoms with van der Waals surface area (Å²) in [6.45, 7) is 0.304. The van der Waals surface area contributed by atoms with E-state index in [9.17, 15) is 18.9 Å². The minimum absolute atomic E-state index is 0.0897. The Labute approximate surface area is 94.4 Å². The Hall–Kier alpha value is -1.51. The van der Waals surface area contributed by atoms with E-state index in [2.05, 4.69) is 0 Å². The van der Waals surface area contributed by atoms with E-state index < -0.39 is 16.2 Å². The molecule has 0 saturated carbocycles. The van der Waals surface area contributed by atoms with E-state index in [0.29, 0.717) is 5.69 Å². The van der Waals surface area contributed by atoms with Gasteiger partial charge in [0.05, 0.1) is 4.92 Å². The van der Waals surface area contributed by atoms with Gasteiger partial charge in [-0.1, -0.05) is 0 Å². The smallest absolute Gasteiger partial charge is 0.269 e. The molecule has 0 aliphatic heterocycles. The fourth-order valence-electron chi connectivity index (χ4n) is 1.15. The van der Waals surface area contributed by atoms with Gasteiger partial charge in [-0.05, 0) is 12.1 Å². The van der Waals surface area contributed by atoms with Gasteiger partial charge in [0, 0.05) is 42.2 Å². The molecular weight excluding hydrogens is 234 g/mol. The van der Waals surface area contributed by atoms with Crippen molar-refractivity contribution in [1.82, 2.24) is 0 Å². The molecule has 0 saturated heterocycles. The first-order valence-corrected chi connectivity index (χ1v) is 5.41. The summed E-state index contributed by atoms with van der Waals surface area (Å²) in [4.78, 5) is 9.84. The zero-order valence-electron chi connectivity index (χ0n) is 8.24. The second kappa shape index (κ2) is 5.54. The maximum Gasteiger partial charge on any atom is 0.269 e. The Bertz CT molecular complexity index is 395. The molecule has 88 valence electrons. The Morgan fingerprint density at radius 2 is 1.94 bits per heavy atom. The van der Waals surface area contributed by atoms with Crippen LogP contribution in [0, 0.1) is 10.1 Å². The van der Waals surface area contributed by atoms with Gasteiger partial charge in [0.2, 0.25) is 0 Å². The molecule has 0 aliphatic carbocycles.